The standard InChI is InChI=1S/C24H25F3N4O2S/c1-30(16-8-3-2-4-9-16)23(33)19(14-17-10-7-13-34-17)28-21(32)15-31-20-12-6-5-11-18(20)22(29-31)24(25,26)27/h2-4,7-10,13,19H,5-6,11-12,14-15H2,1H3,(H,28,32). The number of nitrogens with one attached hydrogen (secondary N) is 1. The molecule has 1 aromatic carbocycles. The predicted octanol–water partition coefficient (Wildman–Crippen LogP) is 4.23. The van der Waals surface area contributed by atoms with E-state index in [-0.39, 0.29) is 24.4 Å². The summed E-state index contributed by atoms with van der Waals surface area (Å²) in [4.78, 5) is 28.6. The average Bonchev–Trinajstić information content (AvgIpc) is 3.46. The molecule has 1 N–H and O–H groups in total. The second-order valence-corrected chi connectivity index (χ2v) is 9.31. The fourth-order valence-electron chi connectivity index (χ4n) is 4.25. The zero-order valence-electron chi connectivity index (χ0n) is 18.6. The van der Waals surface area contributed by atoms with Crippen LogP contribution < -0.4 is 10.2 Å². The number of hydrogen-bond donors (Lipinski definition) is 1. The normalized spacial score (nSPS) is 14.4. The first-order valence-corrected chi connectivity index (χ1v) is 11.9. The average molecular weight is 491 g/mol. The Hall–Kier alpha value is -3.14. The van der Waals surface area contributed by atoms with Gasteiger partial charge in [0.15, 0.2) is 5.69 Å². The maximum Gasteiger partial charge on any atom is 0.435 e. The molecule has 0 saturated carbocycles. The Morgan fingerprint density at radius 2 is 1.88 bits per heavy atom. The van der Waals surface area contributed by atoms with Crippen molar-refractivity contribution in [3.8, 4) is 0 Å². The van der Waals surface area contributed by atoms with Crippen LogP contribution in [-0.2, 0) is 41.6 Å². The lowest BCUT2D eigenvalue weighted by molar-refractivity contribution is -0.142. The van der Waals surface area contributed by atoms with Gasteiger partial charge in [-0.1, -0.05) is 24.3 Å². The number of hydrogen-bond acceptors (Lipinski definition) is 4. The molecule has 2 heterocycles. The smallest absolute Gasteiger partial charge is 0.342 e. The highest BCUT2D eigenvalue weighted by atomic mass is 32.1. The van der Waals surface area contributed by atoms with Crippen molar-refractivity contribution >= 4 is 28.8 Å². The van der Waals surface area contributed by atoms with E-state index in [1.165, 1.54) is 16.2 Å². The number of para-hydroxylation sites is 1. The minimum atomic E-state index is -4.57. The molecule has 1 atom stereocenters. The van der Waals surface area contributed by atoms with Gasteiger partial charge in [-0.05, 0) is 49.3 Å². The van der Waals surface area contributed by atoms with Gasteiger partial charge in [0.05, 0.1) is 0 Å². The Kier molecular flexibility index (Phi) is 7.06. The van der Waals surface area contributed by atoms with Gasteiger partial charge >= 0.3 is 6.18 Å². The zero-order valence-corrected chi connectivity index (χ0v) is 19.5. The van der Waals surface area contributed by atoms with Gasteiger partial charge in [-0.15, -0.1) is 11.3 Å². The van der Waals surface area contributed by atoms with E-state index in [2.05, 4.69) is 10.4 Å². The predicted molar refractivity (Wildman–Crippen MR) is 124 cm³/mol. The second-order valence-electron chi connectivity index (χ2n) is 8.27. The third-order valence-corrected chi connectivity index (χ3v) is 6.81. The fourth-order valence-corrected chi connectivity index (χ4v) is 5.00. The largest absolute Gasteiger partial charge is 0.435 e. The van der Waals surface area contributed by atoms with E-state index in [4.69, 9.17) is 0 Å². The first-order valence-electron chi connectivity index (χ1n) is 11.0. The lowest BCUT2D eigenvalue weighted by Gasteiger charge is -2.25. The van der Waals surface area contributed by atoms with E-state index in [9.17, 15) is 22.8 Å². The minimum Gasteiger partial charge on any atom is -0.342 e. The number of aromatic nitrogens is 2. The SMILES string of the molecule is CN(C(=O)C(Cc1cccs1)NC(=O)Cn1nc(C(F)(F)F)c2c1CCCC2)c1ccccc1. The van der Waals surface area contributed by atoms with Gasteiger partial charge in [0.25, 0.3) is 0 Å². The molecule has 1 aliphatic rings. The summed E-state index contributed by atoms with van der Waals surface area (Å²) >= 11 is 1.47. The van der Waals surface area contributed by atoms with Crippen LogP contribution >= 0.6 is 11.3 Å². The number of benzene rings is 1. The number of carbonyl (C=O) groups is 2. The van der Waals surface area contributed by atoms with Crippen LogP contribution in [0.25, 0.3) is 0 Å². The quantitative estimate of drug-likeness (QED) is 0.539. The van der Waals surface area contributed by atoms with Crippen LogP contribution in [0.3, 0.4) is 0 Å². The molecule has 4 rings (SSSR count). The van der Waals surface area contributed by atoms with Gasteiger partial charge in [0.2, 0.25) is 11.8 Å². The second kappa shape index (κ2) is 10.0. The van der Waals surface area contributed by atoms with Crippen molar-refractivity contribution in [3.05, 3.63) is 69.7 Å². The first-order chi connectivity index (χ1) is 16.2. The topological polar surface area (TPSA) is 67.2 Å². The molecular formula is C24H25F3N4O2S. The van der Waals surface area contributed by atoms with Crippen LogP contribution in [0.1, 0.15) is 34.7 Å². The third-order valence-electron chi connectivity index (χ3n) is 5.91. The van der Waals surface area contributed by atoms with Gasteiger partial charge in [0.1, 0.15) is 12.6 Å². The fraction of sp³-hybridized carbons (Fsp3) is 0.375. The van der Waals surface area contributed by atoms with Crippen LogP contribution in [0.4, 0.5) is 18.9 Å². The Balaban J connectivity index is 1.54. The molecule has 2 amide bonds. The summed E-state index contributed by atoms with van der Waals surface area (Å²) in [6, 6.07) is 11.9. The monoisotopic (exact) mass is 490 g/mol. The lowest BCUT2D eigenvalue weighted by Crippen LogP contribution is -2.49. The van der Waals surface area contributed by atoms with Crippen molar-refractivity contribution in [2.45, 2.75) is 50.9 Å². The van der Waals surface area contributed by atoms with Crippen LogP contribution in [0, 0.1) is 0 Å². The van der Waals surface area contributed by atoms with E-state index in [0.717, 1.165) is 16.0 Å². The molecule has 180 valence electrons. The summed E-state index contributed by atoms with van der Waals surface area (Å²) in [5.74, 6) is -0.868. The molecule has 0 spiro atoms. The summed E-state index contributed by atoms with van der Waals surface area (Å²) < 4.78 is 41.6. The molecule has 6 nitrogen and oxygen atoms in total. The molecule has 0 bridgehead atoms. The number of carbonyl (C=O) groups excluding carboxylic acids is 2. The molecule has 0 radical (unpaired) electrons. The lowest BCUT2D eigenvalue weighted by atomic mass is 9.95. The number of amides is 2. The van der Waals surface area contributed by atoms with Gasteiger partial charge < -0.3 is 10.2 Å². The molecule has 0 aliphatic heterocycles. The number of alkyl halides is 3. The first kappa shape index (κ1) is 24.0. The minimum absolute atomic E-state index is 0.182. The molecule has 1 aliphatic carbocycles. The third kappa shape index (κ3) is 5.32. The van der Waals surface area contributed by atoms with Gasteiger partial charge in [0, 0.05) is 35.3 Å². The van der Waals surface area contributed by atoms with Crippen molar-refractivity contribution in [2.75, 3.05) is 11.9 Å². The van der Waals surface area contributed by atoms with Crippen LogP contribution in [0.5, 0.6) is 0 Å². The van der Waals surface area contributed by atoms with E-state index in [1.807, 2.05) is 35.7 Å². The number of anilines is 1. The molecule has 2 aromatic heterocycles. The van der Waals surface area contributed by atoms with Crippen LogP contribution in [0.2, 0.25) is 0 Å². The van der Waals surface area contributed by atoms with Crippen LogP contribution in [-0.4, -0.2) is 34.7 Å². The number of thiophene rings is 1. The van der Waals surface area contributed by atoms with Crippen molar-refractivity contribution in [3.63, 3.8) is 0 Å². The number of fused-ring (bicyclic) bond motifs is 1. The summed E-state index contributed by atoms with van der Waals surface area (Å²) in [5.41, 5.74) is 0.400. The Labute approximate surface area is 199 Å². The maximum absolute atomic E-state index is 13.5. The van der Waals surface area contributed by atoms with Crippen molar-refractivity contribution in [1.82, 2.24) is 15.1 Å². The van der Waals surface area contributed by atoms with Gasteiger partial charge in [-0.25, -0.2) is 0 Å². The molecule has 10 heteroatoms. The Bertz CT molecular complexity index is 1140. The highest BCUT2D eigenvalue weighted by Gasteiger charge is 2.39. The van der Waals surface area contributed by atoms with E-state index in [0.29, 0.717) is 30.6 Å². The summed E-state index contributed by atoms with van der Waals surface area (Å²) in [5, 5.41) is 8.38. The van der Waals surface area contributed by atoms with Gasteiger partial charge in [-0.2, -0.15) is 18.3 Å². The van der Waals surface area contributed by atoms with Crippen LogP contribution in [0.15, 0.2) is 47.8 Å². The molecule has 34 heavy (non-hydrogen) atoms. The van der Waals surface area contributed by atoms with Crippen molar-refractivity contribution in [1.29, 1.82) is 0 Å². The highest BCUT2D eigenvalue weighted by Crippen LogP contribution is 2.35. The Morgan fingerprint density at radius 1 is 1.15 bits per heavy atom. The molecule has 0 fully saturated rings. The van der Waals surface area contributed by atoms with E-state index in [1.54, 1.807) is 19.2 Å². The van der Waals surface area contributed by atoms with E-state index < -0.39 is 23.8 Å². The number of likely N-dealkylation sites (N-methyl/N-ethyl adjacent to an activating group) is 1. The number of halogens is 3. The van der Waals surface area contributed by atoms with Gasteiger partial charge in [-0.3, -0.25) is 14.3 Å². The summed E-state index contributed by atoms with van der Waals surface area (Å²) in [6.45, 7) is -0.373. The van der Waals surface area contributed by atoms with E-state index >= 15 is 0 Å². The Morgan fingerprint density at radius 3 is 2.56 bits per heavy atom. The number of nitrogens with zero attached hydrogens (tertiary/aromatic N) is 3. The number of rotatable bonds is 7. The van der Waals surface area contributed by atoms with Crippen molar-refractivity contribution in [2.24, 2.45) is 0 Å². The molecule has 1 unspecified atom stereocenters. The van der Waals surface area contributed by atoms with Crippen molar-refractivity contribution < 1.29 is 22.8 Å². The zero-order chi connectivity index (χ0) is 24.3. The molecule has 3 aromatic rings. The maximum atomic E-state index is 13.5. The summed E-state index contributed by atoms with van der Waals surface area (Å²) in [6.07, 6.45) is -2.13. The summed E-state index contributed by atoms with van der Waals surface area (Å²) in [7, 11) is 1.63. The molecular weight excluding hydrogens is 465 g/mol. The highest BCUT2D eigenvalue weighted by molar-refractivity contribution is 7.09. The molecule has 0 saturated heterocycles.